The number of nitrogens with one attached hydrogen (secondary N) is 1. The number of rotatable bonds is 4. The molecule has 2 N–H and O–H groups in total. The molecule has 138 valence electrons. The molecule has 1 aromatic carbocycles. The Labute approximate surface area is 152 Å². The average molecular weight is 421 g/mol. The first-order chi connectivity index (χ1) is 11.4. The van der Waals surface area contributed by atoms with Crippen LogP contribution in [0.4, 0.5) is 19.3 Å². The molecule has 0 aromatic heterocycles. The first-order valence-electron chi connectivity index (χ1n) is 7.53. The van der Waals surface area contributed by atoms with Crippen LogP contribution in [0.25, 0.3) is 0 Å². The van der Waals surface area contributed by atoms with Crippen molar-refractivity contribution in [2.45, 2.75) is 38.3 Å². The minimum Gasteiger partial charge on any atom is -0.481 e. The van der Waals surface area contributed by atoms with Crippen molar-refractivity contribution < 1.29 is 28.2 Å². The molecule has 0 unspecified atom stereocenters. The van der Waals surface area contributed by atoms with E-state index in [2.05, 4.69) is 21.2 Å². The number of carboxylic acids is 1. The summed E-state index contributed by atoms with van der Waals surface area (Å²) in [7, 11) is 0. The molecule has 0 spiro atoms. The van der Waals surface area contributed by atoms with E-state index in [1.165, 1.54) is 4.90 Å². The van der Waals surface area contributed by atoms with Crippen LogP contribution in [0.15, 0.2) is 16.6 Å². The Hall–Kier alpha value is -1.90. The van der Waals surface area contributed by atoms with Gasteiger partial charge < -0.3 is 20.1 Å². The first-order valence-corrected chi connectivity index (χ1v) is 8.33. The van der Waals surface area contributed by atoms with Gasteiger partial charge in [-0.15, -0.1) is 0 Å². The Kier molecular flexibility index (Phi) is 5.27. The second kappa shape index (κ2) is 6.78. The lowest BCUT2D eigenvalue weighted by Crippen LogP contribution is -2.68. The number of anilines is 1. The minimum atomic E-state index is -1.10. The molecule has 1 aliphatic heterocycles. The predicted octanol–water partition coefficient (Wildman–Crippen LogP) is 3.60. The van der Waals surface area contributed by atoms with Crippen molar-refractivity contribution in [1.29, 1.82) is 0 Å². The van der Waals surface area contributed by atoms with Gasteiger partial charge in [-0.05, 0) is 42.8 Å². The van der Waals surface area contributed by atoms with Crippen molar-refractivity contribution in [3.05, 3.63) is 28.2 Å². The number of benzene rings is 1. The van der Waals surface area contributed by atoms with E-state index in [1.54, 1.807) is 20.8 Å². The number of amides is 1. The van der Waals surface area contributed by atoms with Crippen molar-refractivity contribution in [2.75, 3.05) is 18.4 Å². The molecule has 0 saturated carbocycles. The molecule has 1 aliphatic rings. The van der Waals surface area contributed by atoms with E-state index in [4.69, 9.17) is 9.84 Å². The highest BCUT2D eigenvalue weighted by Gasteiger charge is 2.48. The summed E-state index contributed by atoms with van der Waals surface area (Å²) in [5.41, 5.74) is -1.79. The van der Waals surface area contributed by atoms with Gasteiger partial charge in [-0.2, -0.15) is 0 Å². The van der Waals surface area contributed by atoms with Gasteiger partial charge in [0.1, 0.15) is 17.2 Å². The zero-order valence-electron chi connectivity index (χ0n) is 14.0. The fourth-order valence-corrected chi connectivity index (χ4v) is 3.10. The topological polar surface area (TPSA) is 78.9 Å². The van der Waals surface area contributed by atoms with Gasteiger partial charge in [0.05, 0.1) is 17.6 Å². The SMILES string of the molecule is CC(C)(C)OC(=O)N1CC(CC(=O)O)(Nc2c(F)cc(F)cc2Br)C1. The van der Waals surface area contributed by atoms with E-state index >= 15 is 0 Å². The third-order valence-electron chi connectivity index (χ3n) is 3.53. The van der Waals surface area contributed by atoms with Crippen LogP contribution in [-0.2, 0) is 9.53 Å². The zero-order chi connectivity index (χ0) is 19.0. The highest BCUT2D eigenvalue weighted by Crippen LogP contribution is 2.35. The summed E-state index contributed by atoms with van der Waals surface area (Å²) >= 11 is 3.06. The monoisotopic (exact) mass is 420 g/mol. The van der Waals surface area contributed by atoms with Crippen LogP contribution in [0.5, 0.6) is 0 Å². The average Bonchev–Trinajstić information content (AvgIpc) is 2.36. The van der Waals surface area contributed by atoms with Crippen molar-refractivity contribution in [3.63, 3.8) is 0 Å². The summed E-state index contributed by atoms with van der Waals surface area (Å²) in [6.45, 7) is 5.21. The summed E-state index contributed by atoms with van der Waals surface area (Å²) in [5, 5.41) is 12.0. The minimum absolute atomic E-state index is 0.0253. The Morgan fingerprint density at radius 1 is 1.36 bits per heavy atom. The summed E-state index contributed by atoms with van der Waals surface area (Å²) in [5.74, 6) is -2.71. The van der Waals surface area contributed by atoms with E-state index in [-0.39, 0.29) is 29.7 Å². The Morgan fingerprint density at radius 3 is 2.44 bits per heavy atom. The summed E-state index contributed by atoms with van der Waals surface area (Å²) in [6, 6.07) is 1.77. The number of halogens is 3. The van der Waals surface area contributed by atoms with E-state index in [1.807, 2.05) is 0 Å². The van der Waals surface area contributed by atoms with Gasteiger partial charge in [0.25, 0.3) is 0 Å². The lowest BCUT2D eigenvalue weighted by Gasteiger charge is -2.50. The van der Waals surface area contributed by atoms with Gasteiger partial charge in [0.15, 0.2) is 0 Å². The maximum absolute atomic E-state index is 14.0. The third-order valence-corrected chi connectivity index (χ3v) is 4.15. The number of likely N-dealkylation sites (tertiary alicyclic amines) is 1. The van der Waals surface area contributed by atoms with Crippen LogP contribution in [0.2, 0.25) is 0 Å². The van der Waals surface area contributed by atoms with Crippen molar-refractivity contribution >= 4 is 33.7 Å². The van der Waals surface area contributed by atoms with Gasteiger partial charge in [-0.25, -0.2) is 13.6 Å². The molecule has 25 heavy (non-hydrogen) atoms. The summed E-state index contributed by atoms with van der Waals surface area (Å²) < 4.78 is 32.6. The van der Waals surface area contributed by atoms with Crippen LogP contribution >= 0.6 is 15.9 Å². The number of hydrogen-bond acceptors (Lipinski definition) is 4. The molecular formula is C16H19BrF2N2O4. The van der Waals surface area contributed by atoms with E-state index in [0.29, 0.717) is 6.07 Å². The Morgan fingerprint density at radius 2 is 1.96 bits per heavy atom. The number of carbonyl (C=O) groups is 2. The van der Waals surface area contributed by atoms with Crippen LogP contribution in [0.1, 0.15) is 27.2 Å². The number of aliphatic carboxylic acids is 1. The van der Waals surface area contributed by atoms with Crippen LogP contribution in [0.3, 0.4) is 0 Å². The molecule has 2 rings (SSSR count). The Balaban J connectivity index is 2.17. The molecule has 0 bridgehead atoms. The maximum Gasteiger partial charge on any atom is 0.410 e. The van der Waals surface area contributed by atoms with Gasteiger partial charge in [-0.1, -0.05) is 0 Å². The van der Waals surface area contributed by atoms with Gasteiger partial charge >= 0.3 is 12.1 Å². The van der Waals surface area contributed by atoms with Crippen molar-refractivity contribution in [3.8, 4) is 0 Å². The summed E-state index contributed by atoms with van der Waals surface area (Å²) in [6.07, 6.45) is -0.913. The molecule has 0 aliphatic carbocycles. The first kappa shape index (κ1) is 19.4. The third kappa shape index (κ3) is 4.81. The maximum atomic E-state index is 14.0. The van der Waals surface area contributed by atoms with E-state index in [0.717, 1.165) is 6.07 Å². The molecule has 9 heteroatoms. The summed E-state index contributed by atoms with van der Waals surface area (Å²) in [4.78, 5) is 24.6. The van der Waals surface area contributed by atoms with Crippen molar-refractivity contribution in [2.24, 2.45) is 0 Å². The number of ether oxygens (including phenoxy) is 1. The highest BCUT2D eigenvalue weighted by molar-refractivity contribution is 9.10. The predicted molar refractivity (Wildman–Crippen MR) is 90.5 cm³/mol. The number of hydrogen-bond donors (Lipinski definition) is 2. The van der Waals surface area contributed by atoms with Crippen LogP contribution in [0, 0.1) is 11.6 Å². The second-order valence-corrected chi connectivity index (χ2v) is 7.91. The molecule has 1 heterocycles. The normalized spacial score (nSPS) is 16.2. The quantitative estimate of drug-likeness (QED) is 0.777. The van der Waals surface area contributed by atoms with Gasteiger partial charge in [0.2, 0.25) is 0 Å². The molecule has 1 fully saturated rings. The molecule has 0 atom stereocenters. The lowest BCUT2D eigenvalue weighted by molar-refractivity contribution is -0.139. The van der Waals surface area contributed by atoms with E-state index < -0.39 is 34.8 Å². The fraction of sp³-hybridized carbons (Fsp3) is 0.500. The molecule has 1 amide bonds. The van der Waals surface area contributed by atoms with Crippen LogP contribution in [-0.4, -0.2) is 46.3 Å². The van der Waals surface area contributed by atoms with Gasteiger partial charge in [-0.3, -0.25) is 4.79 Å². The number of nitrogens with zero attached hydrogens (tertiary/aromatic N) is 1. The molecular weight excluding hydrogens is 402 g/mol. The molecule has 6 nitrogen and oxygen atoms in total. The number of carboxylic acid groups (broad SMARTS) is 1. The molecule has 1 aromatic rings. The van der Waals surface area contributed by atoms with Crippen LogP contribution < -0.4 is 5.32 Å². The standard InChI is InChI=1S/C16H19BrF2N2O4/c1-15(2,3)25-14(24)21-7-16(8-21,6-12(22)23)20-13-10(17)4-9(18)5-11(13)19/h4-5,20H,6-8H2,1-3H3,(H,22,23). The van der Waals surface area contributed by atoms with Crippen molar-refractivity contribution in [1.82, 2.24) is 4.90 Å². The number of carbonyl (C=O) groups excluding carboxylic acids is 1. The largest absolute Gasteiger partial charge is 0.481 e. The fourth-order valence-electron chi connectivity index (χ4n) is 2.59. The molecule has 1 saturated heterocycles. The van der Waals surface area contributed by atoms with Gasteiger partial charge in [0, 0.05) is 23.6 Å². The zero-order valence-corrected chi connectivity index (χ0v) is 15.6. The lowest BCUT2D eigenvalue weighted by atomic mass is 9.86. The highest BCUT2D eigenvalue weighted by atomic mass is 79.9. The smallest absolute Gasteiger partial charge is 0.410 e. The molecule has 0 radical (unpaired) electrons. The van der Waals surface area contributed by atoms with E-state index in [9.17, 15) is 18.4 Å². The Bertz CT molecular complexity index is 677. The second-order valence-electron chi connectivity index (χ2n) is 7.06.